The van der Waals surface area contributed by atoms with Gasteiger partial charge in [-0.15, -0.1) is 0 Å². The van der Waals surface area contributed by atoms with Crippen LogP contribution in [0.25, 0.3) is 16.3 Å². The van der Waals surface area contributed by atoms with Crippen LogP contribution in [0.3, 0.4) is 0 Å². The second-order valence-electron chi connectivity index (χ2n) is 4.60. The second-order valence-corrected chi connectivity index (χ2v) is 4.60. The molecule has 0 spiro atoms. The molecule has 1 aliphatic rings. The van der Waals surface area contributed by atoms with E-state index in [1.807, 2.05) is 0 Å². The molecule has 1 aliphatic heterocycles. The summed E-state index contributed by atoms with van der Waals surface area (Å²) >= 11 is 0. The van der Waals surface area contributed by atoms with Crippen molar-refractivity contribution >= 4 is 22.2 Å². The topological polar surface area (TPSA) is 24.4 Å². The predicted octanol–water partition coefficient (Wildman–Crippen LogP) is 3.24. The van der Waals surface area contributed by atoms with Crippen LogP contribution in [0.4, 0.5) is 0 Å². The van der Waals surface area contributed by atoms with Crippen LogP contribution >= 0.6 is 0 Å². The van der Waals surface area contributed by atoms with E-state index < -0.39 is 0 Å². The van der Waals surface area contributed by atoms with Crippen molar-refractivity contribution in [3.8, 4) is 0 Å². The minimum Gasteiger partial charge on any atom is -0.372 e. The highest BCUT2D eigenvalue weighted by atomic mass is 15.1. The Kier molecular flexibility index (Phi) is 2.85. The Hall–Kier alpha value is -2.09. The van der Waals surface area contributed by atoms with Crippen LogP contribution in [-0.4, -0.2) is 18.9 Å². The highest BCUT2D eigenvalue weighted by Crippen LogP contribution is 2.22. The Morgan fingerprint density at radius 1 is 1.17 bits per heavy atom. The van der Waals surface area contributed by atoms with E-state index in [0.717, 1.165) is 30.9 Å². The molecule has 0 aromatic heterocycles. The van der Waals surface area contributed by atoms with Crippen LogP contribution in [0, 0.1) is 0 Å². The van der Waals surface area contributed by atoms with Gasteiger partial charge in [-0.3, -0.25) is 4.99 Å². The van der Waals surface area contributed by atoms with E-state index in [1.54, 1.807) is 0 Å². The molecule has 18 heavy (non-hydrogen) atoms. The first-order chi connectivity index (χ1) is 8.83. The van der Waals surface area contributed by atoms with Gasteiger partial charge in [0.25, 0.3) is 0 Å². The molecule has 0 saturated carbocycles. The Bertz CT molecular complexity index is 626. The van der Waals surface area contributed by atoms with Crippen LogP contribution in [-0.2, 0) is 0 Å². The SMILES string of the molecule is C=C(CC1=NCCN1)c1ccc2ccccc2c1. The number of rotatable bonds is 3. The zero-order chi connectivity index (χ0) is 12.4. The van der Waals surface area contributed by atoms with Crippen molar-refractivity contribution in [2.24, 2.45) is 4.99 Å². The van der Waals surface area contributed by atoms with Gasteiger partial charge in [-0.2, -0.15) is 0 Å². The molecule has 0 aliphatic carbocycles. The molecule has 90 valence electrons. The maximum absolute atomic E-state index is 4.41. The van der Waals surface area contributed by atoms with Crippen molar-refractivity contribution < 1.29 is 0 Å². The number of benzene rings is 2. The van der Waals surface area contributed by atoms with Gasteiger partial charge in [0.2, 0.25) is 0 Å². The van der Waals surface area contributed by atoms with Crippen LogP contribution in [0.1, 0.15) is 12.0 Å². The predicted molar refractivity (Wildman–Crippen MR) is 77.9 cm³/mol. The fourth-order valence-electron chi connectivity index (χ4n) is 2.28. The third kappa shape index (κ3) is 2.14. The minimum atomic E-state index is 0.818. The third-order valence-electron chi connectivity index (χ3n) is 3.28. The van der Waals surface area contributed by atoms with E-state index in [1.165, 1.54) is 16.3 Å². The smallest absolute Gasteiger partial charge is 0.101 e. The molecule has 0 fully saturated rings. The van der Waals surface area contributed by atoms with E-state index in [4.69, 9.17) is 0 Å². The summed E-state index contributed by atoms with van der Waals surface area (Å²) in [4.78, 5) is 4.41. The Labute approximate surface area is 107 Å². The van der Waals surface area contributed by atoms with Crippen molar-refractivity contribution in [2.75, 3.05) is 13.1 Å². The van der Waals surface area contributed by atoms with Crippen molar-refractivity contribution in [3.05, 3.63) is 54.6 Å². The number of nitrogens with zero attached hydrogens (tertiary/aromatic N) is 1. The first-order valence-electron chi connectivity index (χ1n) is 6.27. The van der Waals surface area contributed by atoms with Gasteiger partial charge >= 0.3 is 0 Å². The van der Waals surface area contributed by atoms with Gasteiger partial charge in [-0.1, -0.05) is 43.0 Å². The first-order valence-corrected chi connectivity index (χ1v) is 6.27. The molecule has 0 amide bonds. The summed E-state index contributed by atoms with van der Waals surface area (Å²) in [6.07, 6.45) is 0.818. The lowest BCUT2D eigenvalue weighted by Gasteiger charge is -2.08. The lowest BCUT2D eigenvalue weighted by Crippen LogP contribution is -2.18. The largest absolute Gasteiger partial charge is 0.372 e. The van der Waals surface area contributed by atoms with E-state index in [0.29, 0.717) is 0 Å². The van der Waals surface area contributed by atoms with Gasteiger partial charge in [0.1, 0.15) is 5.84 Å². The third-order valence-corrected chi connectivity index (χ3v) is 3.28. The molecule has 2 aromatic rings. The number of hydrogen-bond acceptors (Lipinski definition) is 2. The fraction of sp³-hybridized carbons (Fsp3) is 0.188. The molecular formula is C16H16N2. The van der Waals surface area contributed by atoms with Crippen LogP contribution in [0.5, 0.6) is 0 Å². The van der Waals surface area contributed by atoms with Gasteiger partial charge in [0.15, 0.2) is 0 Å². The molecule has 0 atom stereocenters. The zero-order valence-electron chi connectivity index (χ0n) is 10.3. The summed E-state index contributed by atoms with van der Waals surface area (Å²) in [6, 6.07) is 14.9. The average molecular weight is 236 g/mol. The van der Waals surface area contributed by atoms with E-state index in [9.17, 15) is 0 Å². The number of aliphatic imine (C=N–C) groups is 1. The fourth-order valence-corrected chi connectivity index (χ4v) is 2.28. The normalized spacial score (nSPS) is 14.3. The maximum atomic E-state index is 4.41. The van der Waals surface area contributed by atoms with Crippen LogP contribution in [0.2, 0.25) is 0 Å². The molecule has 2 nitrogen and oxygen atoms in total. The first kappa shape index (κ1) is 11.0. The summed E-state index contributed by atoms with van der Waals surface area (Å²) in [5.74, 6) is 1.06. The summed E-state index contributed by atoms with van der Waals surface area (Å²) in [5.41, 5.74) is 2.32. The molecule has 1 N–H and O–H groups in total. The van der Waals surface area contributed by atoms with Gasteiger partial charge in [-0.25, -0.2) is 0 Å². The van der Waals surface area contributed by atoms with Gasteiger partial charge < -0.3 is 5.32 Å². The van der Waals surface area contributed by atoms with Gasteiger partial charge in [-0.05, 0) is 28.0 Å². The number of nitrogens with one attached hydrogen (secondary N) is 1. The monoisotopic (exact) mass is 236 g/mol. The van der Waals surface area contributed by atoms with Crippen molar-refractivity contribution in [3.63, 3.8) is 0 Å². The molecule has 0 saturated heterocycles. The van der Waals surface area contributed by atoms with E-state index in [2.05, 4.69) is 59.4 Å². The molecule has 3 rings (SSSR count). The molecule has 1 heterocycles. The zero-order valence-corrected chi connectivity index (χ0v) is 10.3. The summed E-state index contributed by atoms with van der Waals surface area (Å²) < 4.78 is 0. The summed E-state index contributed by atoms with van der Waals surface area (Å²) in [7, 11) is 0. The van der Waals surface area contributed by atoms with Crippen LogP contribution < -0.4 is 5.32 Å². The molecular weight excluding hydrogens is 220 g/mol. The van der Waals surface area contributed by atoms with Crippen molar-refractivity contribution in [1.29, 1.82) is 0 Å². The Balaban J connectivity index is 1.87. The van der Waals surface area contributed by atoms with E-state index >= 15 is 0 Å². The maximum Gasteiger partial charge on any atom is 0.101 e. The highest BCUT2D eigenvalue weighted by Gasteiger charge is 2.08. The summed E-state index contributed by atoms with van der Waals surface area (Å²) in [6.45, 7) is 6.02. The Morgan fingerprint density at radius 2 is 2.00 bits per heavy atom. The van der Waals surface area contributed by atoms with Crippen molar-refractivity contribution in [2.45, 2.75) is 6.42 Å². The summed E-state index contributed by atoms with van der Waals surface area (Å²) in [5, 5.41) is 5.81. The lowest BCUT2D eigenvalue weighted by molar-refractivity contribution is 0.955. The standard InChI is InChI=1S/C16H16N2/c1-12(10-16-17-8-9-18-16)14-7-6-13-4-2-3-5-15(13)11-14/h2-7,11H,1,8-10H2,(H,17,18). The molecule has 2 aromatic carbocycles. The molecule has 0 bridgehead atoms. The van der Waals surface area contributed by atoms with E-state index in [-0.39, 0.29) is 0 Å². The lowest BCUT2D eigenvalue weighted by atomic mass is 10.00. The molecule has 0 radical (unpaired) electrons. The van der Waals surface area contributed by atoms with Crippen LogP contribution in [0.15, 0.2) is 54.0 Å². The quantitative estimate of drug-likeness (QED) is 0.869. The molecule has 0 unspecified atom stereocenters. The molecule has 2 heteroatoms. The number of fused-ring (bicyclic) bond motifs is 1. The van der Waals surface area contributed by atoms with Crippen molar-refractivity contribution in [1.82, 2.24) is 5.32 Å². The highest BCUT2D eigenvalue weighted by molar-refractivity contribution is 5.94. The average Bonchev–Trinajstić information content (AvgIpc) is 2.91. The van der Waals surface area contributed by atoms with Gasteiger partial charge in [0.05, 0.1) is 6.54 Å². The van der Waals surface area contributed by atoms with Gasteiger partial charge in [0, 0.05) is 13.0 Å². The minimum absolute atomic E-state index is 0.818. The number of amidine groups is 1. The number of hydrogen-bond donors (Lipinski definition) is 1. The second kappa shape index (κ2) is 4.65. The Morgan fingerprint density at radius 3 is 2.78 bits per heavy atom.